The van der Waals surface area contributed by atoms with Gasteiger partial charge in [0, 0.05) is 19.1 Å². The summed E-state index contributed by atoms with van der Waals surface area (Å²) < 4.78 is 1.80. The number of nitrogens with one attached hydrogen (secondary N) is 3. The van der Waals surface area contributed by atoms with Crippen molar-refractivity contribution in [2.24, 2.45) is 0 Å². The van der Waals surface area contributed by atoms with Gasteiger partial charge in [-0.3, -0.25) is 24.5 Å². The van der Waals surface area contributed by atoms with Crippen LogP contribution in [-0.2, 0) is 16.0 Å². The average molecular weight is 491 g/mol. The molecule has 10 heteroatoms. The molecule has 5 rings (SSSR count). The molecule has 188 valence electrons. The summed E-state index contributed by atoms with van der Waals surface area (Å²) in [6.07, 6.45) is 2.49. The van der Waals surface area contributed by atoms with E-state index in [1.165, 1.54) is 0 Å². The minimum Gasteiger partial charge on any atom is -0.322 e. The number of imide groups is 1. The summed E-state index contributed by atoms with van der Waals surface area (Å²) in [5.74, 6) is -0.886. The Morgan fingerprint density at radius 2 is 1.72 bits per heavy atom. The number of hydrogen-bond donors (Lipinski definition) is 3. The summed E-state index contributed by atoms with van der Waals surface area (Å²) in [5.41, 5.74) is 4.05. The van der Waals surface area contributed by atoms with Crippen molar-refractivity contribution in [2.75, 3.05) is 19.6 Å². The maximum Gasteiger partial charge on any atom is 0.344 e. The number of fused-ring (bicyclic) bond motifs is 1. The Hall–Kier alpha value is -3.92. The van der Waals surface area contributed by atoms with Crippen LogP contribution in [0.5, 0.6) is 0 Å². The number of carbonyl (C=O) groups excluding carboxylic acids is 3. The number of hydrogen-bond acceptors (Lipinski definition) is 5. The lowest BCUT2D eigenvalue weighted by Crippen LogP contribution is -2.52. The molecule has 1 aromatic heterocycles. The van der Waals surface area contributed by atoms with Crippen molar-refractivity contribution in [3.63, 3.8) is 0 Å². The number of imidazole rings is 1. The van der Waals surface area contributed by atoms with E-state index in [4.69, 9.17) is 0 Å². The van der Waals surface area contributed by atoms with E-state index in [0.29, 0.717) is 25.9 Å². The maximum atomic E-state index is 13.0. The number of amides is 4. The number of piperidine rings is 1. The lowest BCUT2D eigenvalue weighted by atomic mass is 9.93. The third-order valence-electron chi connectivity index (χ3n) is 7.17. The summed E-state index contributed by atoms with van der Waals surface area (Å²) in [6.45, 7) is 2.99. The van der Waals surface area contributed by atoms with Gasteiger partial charge in [-0.1, -0.05) is 42.5 Å². The van der Waals surface area contributed by atoms with Crippen molar-refractivity contribution in [2.45, 2.75) is 44.2 Å². The van der Waals surface area contributed by atoms with Crippen molar-refractivity contribution < 1.29 is 14.4 Å². The Morgan fingerprint density at radius 1 is 1.03 bits per heavy atom. The number of likely N-dealkylation sites (tertiary alicyclic amines) is 1. The second kappa shape index (κ2) is 9.62. The lowest BCUT2D eigenvalue weighted by Gasteiger charge is -2.32. The van der Waals surface area contributed by atoms with Crippen molar-refractivity contribution in [3.05, 3.63) is 70.6 Å². The number of rotatable bonds is 7. The van der Waals surface area contributed by atoms with Crippen LogP contribution in [0, 0.1) is 0 Å². The molecule has 0 radical (unpaired) electrons. The minimum absolute atomic E-state index is 0.0456. The van der Waals surface area contributed by atoms with Gasteiger partial charge in [0.25, 0.3) is 11.8 Å². The van der Waals surface area contributed by atoms with Crippen LogP contribution in [0.15, 0.2) is 59.4 Å². The van der Waals surface area contributed by atoms with E-state index in [0.717, 1.165) is 34.4 Å². The van der Waals surface area contributed by atoms with Gasteiger partial charge in [0.1, 0.15) is 5.54 Å². The average Bonchev–Trinajstić information content (AvgIpc) is 3.32. The lowest BCUT2D eigenvalue weighted by molar-refractivity contribution is -0.139. The molecule has 36 heavy (non-hydrogen) atoms. The van der Waals surface area contributed by atoms with Gasteiger partial charge in [0.2, 0.25) is 0 Å². The molecule has 3 N–H and O–H groups in total. The van der Waals surface area contributed by atoms with Crippen molar-refractivity contribution >= 4 is 28.9 Å². The zero-order valence-electron chi connectivity index (χ0n) is 20.2. The van der Waals surface area contributed by atoms with Crippen molar-refractivity contribution in [1.82, 2.24) is 30.2 Å². The zero-order chi connectivity index (χ0) is 25.3. The highest BCUT2D eigenvalue weighted by Crippen LogP contribution is 2.25. The fourth-order valence-electron chi connectivity index (χ4n) is 5.13. The van der Waals surface area contributed by atoms with Crippen LogP contribution in [0.4, 0.5) is 4.79 Å². The van der Waals surface area contributed by atoms with E-state index < -0.39 is 23.4 Å². The molecule has 0 unspecified atom stereocenters. The monoisotopic (exact) mass is 490 g/mol. The first kappa shape index (κ1) is 23.8. The number of urea groups is 1. The number of aromatic nitrogens is 2. The SMILES string of the molecule is C[C@@]1(CCc2ccccc2)NC(=O)N(NC(=O)CN2CCC(n3c(=O)[nH]c4ccccc43)CC2)C1=O. The first-order valence-corrected chi connectivity index (χ1v) is 12.3. The van der Waals surface area contributed by atoms with Gasteiger partial charge < -0.3 is 10.3 Å². The highest BCUT2D eigenvalue weighted by atomic mass is 16.2. The number of para-hydroxylation sites is 2. The smallest absolute Gasteiger partial charge is 0.322 e. The molecule has 0 bridgehead atoms. The summed E-state index contributed by atoms with van der Waals surface area (Å²) in [4.78, 5) is 55.5. The first-order chi connectivity index (χ1) is 17.3. The Kier molecular flexibility index (Phi) is 6.36. The number of benzene rings is 2. The second-order valence-electron chi connectivity index (χ2n) is 9.75. The number of carbonyl (C=O) groups is 3. The number of aryl methyl sites for hydroxylation is 1. The fraction of sp³-hybridized carbons (Fsp3) is 0.385. The molecule has 3 aromatic rings. The normalized spacial score (nSPS) is 21.2. The quantitative estimate of drug-likeness (QED) is 0.438. The van der Waals surface area contributed by atoms with Crippen LogP contribution in [-0.4, -0.2) is 62.5 Å². The molecule has 0 aliphatic carbocycles. The third kappa shape index (κ3) is 4.64. The Bertz CT molecular complexity index is 1340. The molecule has 2 aromatic carbocycles. The number of nitrogens with zero attached hydrogens (tertiary/aromatic N) is 3. The highest BCUT2D eigenvalue weighted by molar-refractivity contribution is 6.07. The van der Waals surface area contributed by atoms with Gasteiger partial charge in [0.05, 0.1) is 17.6 Å². The van der Waals surface area contributed by atoms with Gasteiger partial charge in [-0.05, 0) is 50.3 Å². The van der Waals surface area contributed by atoms with E-state index in [-0.39, 0.29) is 18.3 Å². The minimum atomic E-state index is -1.08. The Morgan fingerprint density at radius 3 is 2.47 bits per heavy atom. The molecule has 10 nitrogen and oxygen atoms in total. The first-order valence-electron chi connectivity index (χ1n) is 12.3. The van der Waals surface area contributed by atoms with Gasteiger partial charge in [0.15, 0.2) is 0 Å². The van der Waals surface area contributed by atoms with Crippen LogP contribution < -0.4 is 16.4 Å². The van der Waals surface area contributed by atoms with Crippen LogP contribution in [0.3, 0.4) is 0 Å². The molecule has 4 amide bonds. The second-order valence-corrected chi connectivity index (χ2v) is 9.75. The Balaban J connectivity index is 1.14. The van der Waals surface area contributed by atoms with Gasteiger partial charge in [-0.15, -0.1) is 0 Å². The molecule has 0 saturated carbocycles. The molecule has 2 fully saturated rings. The van der Waals surface area contributed by atoms with E-state index >= 15 is 0 Å². The summed E-state index contributed by atoms with van der Waals surface area (Å²) in [7, 11) is 0. The van der Waals surface area contributed by atoms with E-state index in [1.807, 2.05) is 59.5 Å². The largest absolute Gasteiger partial charge is 0.344 e. The van der Waals surface area contributed by atoms with Gasteiger partial charge in [-0.2, -0.15) is 5.01 Å². The molecule has 3 heterocycles. The molecular weight excluding hydrogens is 460 g/mol. The fourth-order valence-corrected chi connectivity index (χ4v) is 5.13. The standard InChI is InChI=1S/C26H30N6O4/c1-26(14-11-18-7-3-2-4-8-18)23(34)32(25(36)28-26)29-22(33)17-30-15-12-19(13-16-30)31-21-10-6-5-9-20(21)27-24(31)35/h2-10,19H,11-17H2,1H3,(H,27,35)(H,28,36)(H,29,33)/t26-/m0/s1. The van der Waals surface area contributed by atoms with E-state index in [2.05, 4.69) is 15.7 Å². The molecule has 2 aliphatic rings. The van der Waals surface area contributed by atoms with Crippen LogP contribution in [0.25, 0.3) is 11.0 Å². The summed E-state index contributed by atoms with van der Waals surface area (Å²) >= 11 is 0. The van der Waals surface area contributed by atoms with Gasteiger partial charge >= 0.3 is 11.7 Å². The van der Waals surface area contributed by atoms with Gasteiger partial charge in [-0.25, -0.2) is 9.59 Å². The highest BCUT2D eigenvalue weighted by Gasteiger charge is 2.48. The molecule has 0 spiro atoms. The molecule has 1 atom stereocenters. The summed E-state index contributed by atoms with van der Waals surface area (Å²) in [5, 5.41) is 3.52. The van der Waals surface area contributed by atoms with Crippen LogP contribution in [0.1, 0.15) is 37.8 Å². The topological polar surface area (TPSA) is 120 Å². The predicted molar refractivity (Wildman–Crippen MR) is 134 cm³/mol. The van der Waals surface area contributed by atoms with E-state index in [9.17, 15) is 19.2 Å². The maximum absolute atomic E-state index is 13.0. The predicted octanol–water partition coefficient (Wildman–Crippen LogP) is 1.94. The Labute approximate surface area is 208 Å². The van der Waals surface area contributed by atoms with Crippen LogP contribution >= 0.6 is 0 Å². The summed E-state index contributed by atoms with van der Waals surface area (Å²) in [6, 6.07) is 16.8. The third-order valence-corrected chi connectivity index (χ3v) is 7.17. The number of H-pyrrole nitrogens is 1. The van der Waals surface area contributed by atoms with Crippen molar-refractivity contribution in [3.8, 4) is 0 Å². The number of hydrazine groups is 1. The van der Waals surface area contributed by atoms with Crippen LogP contribution in [0.2, 0.25) is 0 Å². The molecular formula is C26H30N6O4. The molecule has 2 aliphatic heterocycles. The number of aromatic amines is 1. The zero-order valence-corrected chi connectivity index (χ0v) is 20.2. The van der Waals surface area contributed by atoms with E-state index in [1.54, 1.807) is 11.5 Å². The van der Waals surface area contributed by atoms with Crippen molar-refractivity contribution in [1.29, 1.82) is 0 Å². The molecule has 2 saturated heterocycles.